The number of hydrogen-bond donors (Lipinski definition) is 1. The lowest BCUT2D eigenvalue weighted by atomic mass is 9.29. The Morgan fingerprint density at radius 3 is 1.35 bits per heavy atom. The molecule has 1 aliphatic rings. The zero-order valence-electron chi connectivity index (χ0n) is 32.9. The van der Waals surface area contributed by atoms with Crippen LogP contribution in [0, 0.1) is 68.2 Å². The van der Waals surface area contributed by atoms with Crippen molar-refractivity contribution in [2.24, 2.45) is 5.92 Å². The SMILES string of the molecule is CC1=CC(C)C(B(c2ccc3[nH]c4ccc(B(c5c(C)cc(C)cc5C)c5c(C)cc(C)cc5C)cc4c3c2)c2c(C)cc(C)cc2C)C(C)=C1. The van der Waals surface area contributed by atoms with Crippen LogP contribution in [0.25, 0.3) is 21.8 Å². The summed E-state index contributed by atoms with van der Waals surface area (Å²) in [7, 11) is 0. The highest BCUT2D eigenvalue weighted by Crippen LogP contribution is 2.37. The van der Waals surface area contributed by atoms with E-state index in [4.69, 9.17) is 0 Å². The lowest BCUT2D eigenvalue weighted by Gasteiger charge is -2.34. The second kappa shape index (κ2) is 13.2. The lowest BCUT2D eigenvalue weighted by Crippen LogP contribution is -2.55. The normalized spacial score (nSPS) is 16.1. The van der Waals surface area contributed by atoms with Crippen molar-refractivity contribution in [1.82, 2.24) is 4.98 Å². The van der Waals surface area contributed by atoms with Gasteiger partial charge in [-0.25, -0.2) is 0 Å². The smallest absolute Gasteiger partial charge is 0.242 e. The van der Waals surface area contributed by atoms with E-state index in [1.165, 1.54) is 110 Å². The fourth-order valence-electron chi connectivity index (χ4n) is 10.3. The molecule has 1 aromatic heterocycles. The summed E-state index contributed by atoms with van der Waals surface area (Å²) in [5.74, 6) is 0.824. The van der Waals surface area contributed by atoms with Crippen molar-refractivity contribution in [1.29, 1.82) is 0 Å². The molecule has 2 atom stereocenters. The molecule has 1 aliphatic carbocycles. The van der Waals surface area contributed by atoms with Crippen molar-refractivity contribution >= 4 is 62.5 Å². The van der Waals surface area contributed by atoms with E-state index in [9.17, 15) is 0 Å². The summed E-state index contributed by atoms with van der Waals surface area (Å²) in [4.78, 5) is 3.80. The van der Waals surface area contributed by atoms with E-state index in [1.807, 2.05) is 0 Å². The van der Waals surface area contributed by atoms with E-state index in [1.54, 1.807) is 0 Å². The number of rotatable bonds is 6. The van der Waals surface area contributed by atoms with Crippen molar-refractivity contribution in [3.05, 3.63) is 146 Å². The van der Waals surface area contributed by atoms with Gasteiger partial charge in [-0.3, -0.25) is 0 Å². The Balaban J connectivity index is 1.47. The van der Waals surface area contributed by atoms with Gasteiger partial charge in [-0.2, -0.15) is 0 Å². The minimum atomic E-state index is 0.139. The predicted molar refractivity (Wildman–Crippen MR) is 228 cm³/mol. The molecule has 0 spiro atoms. The number of allylic oxidation sites excluding steroid dienone is 4. The molecule has 1 heterocycles. The monoisotopic (exact) mass is 665 g/mol. The first-order valence-electron chi connectivity index (χ1n) is 18.9. The van der Waals surface area contributed by atoms with E-state index in [0.29, 0.717) is 11.7 Å². The molecule has 0 saturated heterocycles. The molecule has 0 bridgehead atoms. The van der Waals surface area contributed by atoms with Crippen LogP contribution in [0.2, 0.25) is 5.82 Å². The molecule has 0 saturated carbocycles. The molecule has 1 N–H and O–H groups in total. The maximum atomic E-state index is 3.80. The van der Waals surface area contributed by atoms with Crippen LogP contribution in [0.3, 0.4) is 0 Å². The second-order valence-electron chi connectivity index (χ2n) is 16.3. The van der Waals surface area contributed by atoms with E-state index in [2.05, 4.69) is 173 Å². The first-order chi connectivity index (χ1) is 24.2. The topological polar surface area (TPSA) is 15.8 Å². The van der Waals surface area contributed by atoms with Gasteiger partial charge in [-0.15, -0.1) is 0 Å². The molecule has 1 nitrogen and oxygen atoms in total. The first kappa shape index (κ1) is 34.9. The second-order valence-corrected chi connectivity index (χ2v) is 16.3. The van der Waals surface area contributed by atoms with Gasteiger partial charge in [-0.1, -0.05) is 168 Å². The van der Waals surface area contributed by atoms with Crippen LogP contribution in [0.15, 0.2) is 96.1 Å². The van der Waals surface area contributed by atoms with Gasteiger partial charge in [0.2, 0.25) is 13.4 Å². The van der Waals surface area contributed by atoms with Crippen LogP contribution in [-0.4, -0.2) is 18.4 Å². The Bertz CT molecular complexity index is 2290. The molecule has 3 heteroatoms. The Morgan fingerprint density at radius 1 is 0.490 bits per heavy atom. The standard InChI is InChI=1S/C48H53B2N/c1-27-17-31(5)45(32(6)18-27)49(46-33(7)19-28(2)20-34(46)8)39-13-15-43-41(25-39)42-26-40(14-16-44(42)51-43)50(47-35(9)21-29(3)22-36(47)10)48-37(11)23-30(4)24-38(48)12/h13-26,31,45,51H,1-12H3. The van der Waals surface area contributed by atoms with Crippen molar-refractivity contribution in [2.75, 3.05) is 0 Å². The third-order valence-corrected chi connectivity index (χ3v) is 11.9. The molecule has 0 amide bonds. The Kier molecular flexibility index (Phi) is 9.07. The molecule has 0 radical (unpaired) electrons. The van der Waals surface area contributed by atoms with E-state index in [-0.39, 0.29) is 13.4 Å². The minimum Gasteiger partial charge on any atom is -0.355 e. The average Bonchev–Trinajstić information content (AvgIpc) is 3.38. The summed E-state index contributed by atoms with van der Waals surface area (Å²) in [6, 6.07) is 28.6. The van der Waals surface area contributed by atoms with Crippen LogP contribution in [-0.2, 0) is 0 Å². The van der Waals surface area contributed by atoms with Gasteiger partial charge in [-0.05, 0) is 100 Å². The van der Waals surface area contributed by atoms with Crippen LogP contribution in [0.5, 0.6) is 0 Å². The zero-order valence-corrected chi connectivity index (χ0v) is 32.9. The van der Waals surface area contributed by atoms with Crippen molar-refractivity contribution in [2.45, 2.75) is 88.9 Å². The van der Waals surface area contributed by atoms with Crippen molar-refractivity contribution < 1.29 is 0 Å². The van der Waals surface area contributed by atoms with Crippen molar-refractivity contribution in [3.8, 4) is 0 Å². The maximum absolute atomic E-state index is 3.80. The van der Waals surface area contributed by atoms with Gasteiger partial charge in [0.1, 0.15) is 0 Å². The lowest BCUT2D eigenvalue weighted by molar-refractivity contribution is 0.689. The summed E-state index contributed by atoms with van der Waals surface area (Å²) < 4.78 is 0. The molecular formula is C48H53B2N. The Morgan fingerprint density at radius 2 is 0.902 bits per heavy atom. The highest BCUT2D eigenvalue weighted by atomic mass is 14.7. The number of benzene rings is 5. The number of aromatic amines is 1. The van der Waals surface area contributed by atoms with Crippen LogP contribution < -0.4 is 27.3 Å². The zero-order chi connectivity index (χ0) is 36.5. The van der Waals surface area contributed by atoms with E-state index in [0.717, 1.165) is 0 Å². The predicted octanol–water partition coefficient (Wildman–Crippen LogP) is 9.13. The molecule has 0 aliphatic heterocycles. The summed E-state index contributed by atoms with van der Waals surface area (Å²) in [6.45, 7) is 27.9. The summed E-state index contributed by atoms with van der Waals surface area (Å²) in [6.07, 6.45) is 4.89. The largest absolute Gasteiger partial charge is 0.355 e. The molecule has 5 aromatic carbocycles. The van der Waals surface area contributed by atoms with Gasteiger partial charge >= 0.3 is 0 Å². The highest BCUT2D eigenvalue weighted by Gasteiger charge is 2.37. The number of H-pyrrole nitrogens is 1. The number of aryl methyl sites for hydroxylation is 9. The first-order valence-corrected chi connectivity index (χ1v) is 18.9. The molecule has 7 rings (SSSR count). The Labute approximate surface area is 307 Å². The fraction of sp³-hybridized carbons (Fsp3) is 0.292. The molecule has 6 aromatic rings. The number of nitrogens with one attached hydrogen (secondary N) is 1. The van der Waals surface area contributed by atoms with Gasteiger partial charge in [0.05, 0.1) is 0 Å². The Hall–Kier alpha value is -4.49. The summed E-state index contributed by atoms with van der Waals surface area (Å²) in [5.41, 5.74) is 24.5. The van der Waals surface area contributed by atoms with Crippen molar-refractivity contribution in [3.63, 3.8) is 0 Å². The van der Waals surface area contributed by atoms with Gasteiger partial charge in [0.15, 0.2) is 0 Å². The summed E-state index contributed by atoms with van der Waals surface area (Å²) in [5, 5.41) is 2.61. The van der Waals surface area contributed by atoms with E-state index >= 15 is 0 Å². The van der Waals surface area contributed by atoms with Crippen LogP contribution in [0.1, 0.15) is 70.8 Å². The molecular weight excluding hydrogens is 612 g/mol. The van der Waals surface area contributed by atoms with Gasteiger partial charge in [0.25, 0.3) is 0 Å². The number of fused-ring (bicyclic) bond motifs is 3. The minimum absolute atomic E-state index is 0.139. The average molecular weight is 666 g/mol. The highest BCUT2D eigenvalue weighted by molar-refractivity contribution is 6.96. The van der Waals surface area contributed by atoms with Gasteiger partial charge < -0.3 is 4.98 Å². The maximum Gasteiger partial charge on any atom is 0.242 e. The molecule has 256 valence electrons. The number of hydrogen-bond acceptors (Lipinski definition) is 0. The third kappa shape index (κ3) is 6.24. The molecule has 2 unspecified atom stereocenters. The van der Waals surface area contributed by atoms with Gasteiger partial charge in [0, 0.05) is 21.8 Å². The van der Waals surface area contributed by atoms with E-state index < -0.39 is 0 Å². The van der Waals surface area contributed by atoms with Crippen LogP contribution >= 0.6 is 0 Å². The number of aromatic nitrogens is 1. The summed E-state index contributed by atoms with van der Waals surface area (Å²) >= 11 is 0. The molecule has 51 heavy (non-hydrogen) atoms. The fourth-order valence-corrected chi connectivity index (χ4v) is 10.3. The quantitative estimate of drug-likeness (QED) is 0.171. The third-order valence-electron chi connectivity index (χ3n) is 11.9. The van der Waals surface area contributed by atoms with Crippen LogP contribution in [0.4, 0.5) is 0 Å². The molecule has 0 fully saturated rings.